The Kier molecular flexibility index (Phi) is 3.75. The first kappa shape index (κ1) is 14.3. The van der Waals surface area contributed by atoms with Crippen molar-refractivity contribution < 1.29 is 12.8 Å². The summed E-state index contributed by atoms with van der Waals surface area (Å²) in [5.74, 6) is -0.239. The second kappa shape index (κ2) is 5.26. The van der Waals surface area contributed by atoms with Gasteiger partial charge >= 0.3 is 0 Å². The Labute approximate surface area is 123 Å². The number of halogens is 2. The number of nitrogens with one attached hydrogen (secondary N) is 1. The minimum absolute atomic E-state index is 0.0579. The zero-order valence-electron chi connectivity index (χ0n) is 10.9. The zero-order valence-corrected chi connectivity index (χ0v) is 12.4. The SMILES string of the molecule is O=S(=O)(c1ccc(F)c(Cl)c1)N1C[C@@H]2CCCN[C@@H]2C1. The van der Waals surface area contributed by atoms with Crippen molar-refractivity contribution in [2.45, 2.75) is 23.8 Å². The highest BCUT2D eigenvalue weighted by atomic mass is 35.5. The molecule has 0 saturated carbocycles. The third kappa shape index (κ3) is 2.45. The van der Waals surface area contributed by atoms with Crippen LogP contribution < -0.4 is 5.32 Å². The normalized spacial score (nSPS) is 27.5. The van der Waals surface area contributed by atoms with Gasteiger partial charge in [-0.3, -0.25) is 0 Å². The molecule has 2 aliphatic rings. The van der Waals surface area contributed by atoms with E-state index in [1.54, 1.807) is 0 Å². The largest absolute Gasteiger partial charge is 0.312 e. The number of hydrogen-bond acceptors (Lipinski definition) is 3. The summed E-state index contributed by atoms with van der Waals surface area (Å²) in [6.07, 6.45) is 2.13. The van der Waals surface area contributed by atoms with Crippen LogP contribution >= 0.6 is 11.6 Å². The van der Waals surface area contributed by atoms with E-state index in [1.165, 1.54) is 16.4 Å². The third-order valence-corrected chi connectivity index (χ3v) is 6.21. The van der Waals surface area contributed by atoms with E-state index in [-0.39, 0.29) is 16.0 Å². The second-order valence-electron chi connectivity index (χ2n) is 5.36. The highest BCUT2D eigenvalue weighted by Gasteiger charge is 2.40. The highest BCUT2D eigenvalue weighted by molar-refractivity contribution is 7.89. The van der Waals surface area contributed by atoms with Gasteiger partial charge in [-0.1, -0.05) is 11.6 Å². The lowest BCUT2D eigenvalue weighted by molar-refractivity contribution is 0.339. The molecule has 3 rings (SSSR count). The summed E-state index contributed by atoms with van der Waals surface area (Å²) in [7, 11) is -3.59. The van der Waals surface area contributed by atoms with E-state index in [0.717, 1.165) is 25.5 Å². The van der Waals surface area contributed by atoms with Crippen molar-refractivity contribution in [2.24, 2.45) is 5.92 Å². The Bertz CT molecular complexity index is 609. The monoisotopic (exact) mass is 318 g/mol. The van der Waals surface area contributed by atoms with Crippen LogP contribution in [0.2, 0.25) is 5.02 Å². The molecule has 20 heavy (non-hydrogen) atoms. The van der Waals surface area contributed by atoms with E-state index < -0.39 is 15.8 Å². The van der Waals surface area contributed by atoms with Gasteiger partial charge in [0, 0.05) is 19.1 Å². The number of piperidine rings is 1. The minimum Gasteiger partial charge on any atom is -0.312 e. The van der Waals surface area contributed by atoms with E-state index >= 15 is 0 Å². The summed E-state index contributed by atoms with van der Waals surface area (Å²) in [6, 6.07) is 3.78. The van der Waals surface area contributed by atoms with Gasteiger partial charge in [0.25, 0.3) is 0 Å². The molecule has 2 heterocycles. The maximum atomic E-state index is 13.2. The molecule has 0 spiro atoms. The van der Waals surface area contributed by atoms with Crippen LogP contribution in [-0.4, -0.2) is 38.4 Å². The summed E-state index contributed by atoms with van der Waals surface area (Å²) < 4.78 is 39.7. The van der Waals surface area contributed by atoms with Crippen LogP contribution in [0.5, 0.6) is 0 Å². The standard InChI is InChI=1S/C13H16ClFN2O2S/c14-11-6-10(3-4-12(11)15)20(18,19)17-7-9-2-1-5-16-13(9)8-17/h3-4,6,9,13,16H,1-2,5,7-8H2/t9-,13+/m0/s1. The van der Waals surface area contributed by atoms with Crippen molar-refractivity contribution in [1.29, 1.82) is 0 Å². The van der Waals surface area contributed by atoms with Gasteiger partial charge in [0.05, 0.1) is 9.92 Å². The lowest BCUT2D eigenvalue weighted by Crippen LogP contribution is -2.41. The van der Waals surface area contributed by atoms with E-state index in [9.17, 15) is 12.8 Å². The van der Waals surface area contributed by atoms with Crippen LogP contribution in [0, 0.1) is 11.7 Å². The van der Waals surface area contributed by atoms with Crippen LogP contribution in [0.1, 0.15) is 12.8 Å². The molecule has 1 aromatic carbocycles. The first-order valence-electron chi connectivity index (χ1n) is 6.67. The predicted octanol–water partition coefficient (Wildman–Crippen LogP) is 1.85. The highest BCUT2D eigenvalue weighted by Crippen LogP contribution is 2.30. The maximum Gasteiger partial charge on any atom is 0.243 e. The van der Waals surface area contributed by atoms with Gasteiger partial charge in [-0.25, -0.2) is 12.8 Å². The molecule has 1 N–H and O–H groups in total. The Morgan fingerprint density at radius 3 is 2.85 bits per heavy atom. The summed E-state index contributed by atoms with van der Waals surface area (Å²) in [5, 5.41) is 3.20. The van der Waals surface area contributed by atoms with Crippen molar-refractivity contribution >= 4 is 21.6 Å². The maximum absolute atomic E-state index is 13.2. The number of hydrogen-bond donors (Lipinski definition) is 1. The molecular formula is C13H16ClFN2O2S. The molecule has 1 aromatic rings. The second-order valence-corrected chi connectivity index (χ2v) is 7.71. The van der Waals surface area contributed by atoms with Gasteiger partial charge in [0.15, 0.2) is 0 Å². The fraction of sp³-hybridized carbons (Fsp3) is 0.538. The molecule has 110 valence electrons. The van der Waals surface area contributed by atoms with Gasteiger partial charge in [0.2, 0.25) is 10.0 Å². The van der Waals surface area contributed by atoms with Crippen molar-refractivity contribution in [3.05, 3.63) is 29.0 Å². The smallest absolute Gasteiger partial charge is 0.243 e. The lowest BCUT2D eigenvalue weighted by Gasteiger charge is -2.24. The van der Waals surface area contributed by atoms with Crippen LogP contribution in [-0.2, 0) is 10.0 Å². The fourth-order valence-electron chi connectivity index (χ4n) is 2.99. The summed E-state index contributed by atoms with van der Waals surface area (Å²) in [4.78, 5) is 0.0579. The number of rotatable bonds is 2. The first-order chi connectivity index (χ1) is 9.48. The summed E-state index contributed by atoms with van der Waals surface area (Å²) in [6.45, 7) is 1.94. The van der Waals surface area contributed by atoms with Gasteiger partial charge in [-0.15, -0.1) is 0 Å². The average Bonchev–Trinajstić information content (AvgIpc) is 2.86. The molecule has 0 unspecified atom stereocenters. The van der Waals surface area contributed by atoms with Gasteiger partial charge in [0.1, 0.15) is 5.82 Å². The van der Waals surface area contributed by atoms with E-state index in [4.69, 9.17) is 11.6 Å². The fourth-order valence-corrected chi connectivity index (χ4v) is 4.78. The van der Waals surface area contributed by atoms with Gasteiger partial charge < -0.3 is 5.32 Å². The molecule has 2 fully saturated rings. The molecule has 0 bridgehead atoms. The van der Waals surface area contributed by atoms with Gasteiger partial charge in [-0.05, 0) is 43.5 Å². The van der Waals surface area contributed by atoms with Crippen molar-refractivity contribution in [2.75, 3.05) is 19.6 Å². The van der Waals surface area contributed by atoms with Crippen molar-refractivity contribution in [1.82, 2.24) is 9.62 Å². The van der Waals surface area contributed by atoms with Gasteiger partial charge in [-0.2, -0.15) is 4.31 Å². The minimum atomic E-state index is -3.59. The lowest BCUT2D eigenvalue weighted by atomic mass is 9.94. The summed E-state index contributed by atoms with van der Waals surface area (Å²) in [5.41, 5.74) is 0. The molecular weight excluding hydrogens is 303 g/mol. The topological polar surface area (TPSA) is 49.4 Å². The number of fused-ring (bicyclic) bond motifs is 1. The predicted molar refractivity (Wildman–Crippen MR) is 74.7 cm³/mol. The molecule has 0 radical (unpaired) electrons. The van der Waals surface area contributed by atoms with Crippen LogP contribution in [0.25, 0.3) is 0 Å². The van der Waals surface area contributed by atoms with E-state index in [1.807, 2.05) is 0 Å². The molecule has 2 aliphatic heterocycles. The van der Waals surface area contributed by atoms with E-state index in [2.05, 4.69) is 5.32 Å². The Balaban J connectivity index is 1.86. The zero-order chi connectivity index (χ0) is 14.3. The quantitative estimate of drug-likeness (QED) is 0.905. The van der Waals surface area contributed by atoms with Crippen molar-refractivity contribution in [3.63, 3.8) is 0 Å². The third-order valence-electron chi connectivity index (χ3n) is 4.09. The van der Waals surface area contributed by atoms with Crippen LogP contribution in [0.4, 0.5) is 4.39 Å². The summed E-state index contributed by atoms with van der Waals surface area (Å²) >= 11 is 5.68. The van der Waals surface area contributed by atoms with Crippen LogP contribution in [0.3, 0.4) is 0 Å². The van der Waals surface area contributed by atoms with Crippen LogP contribution in [0.15, 0.2) is 23.1 Å². The number of sulfonamides is 1. The van der Waals surface area contributed by atoms with Crippen molar-refractivity contribution in [3.8, 4) is 0 Å². The average molecular weight is 319 g/mol. The first-order valence-corrected chi connectivity index (χ1v) is 8.49. The molecule has 0 aliphatic carbocycles. The Hall–Kier alpha value is -0.690. The Morgan fingerprint density at radius 2 is 2.15 bits per heavy atom. The number of nitrogens with zero attached hydrogens (tertiary/aromatic N) is 1. The Morgan fingerprint density at radius 1 is 1.35 bits per heavy atom. The molecule has 0 amide bonds. The molecule has 7 heteroatoms. The molecule has 4 nitrogen and oxygen atoms in total. The molecule has 2 saturated heterocycles. The number of benzene rings is 1. The molecule has 2 atom stereocenters. The van der Waals surface area contributed by atoms with E-state index in [0.29, 0.717) is 19.0 Å². The molecule has 0 aromatic heterocycles.